The molecule has 204 valence electrons. The highest BCUT2D eigenvalue weighted by atomic mass is 16.6. The predicted molar refractivity (Wildman–Crippen MR) is 133 cm³/mol. The SMILES string of the molecule is CC(C)(C)OC=O.COc1ccc(OC2COC[C@H](N(C)C(=O)OC(C)(C)C)C(=O)OC(C)C2)cc1. The first-order chi connectivity index (χ1) is 16.6. The number of cyclic esters (lactones) is 1. The lowest BCUT2D eigenvalue weighted by Crippen LogP contribution is -2.48. The van der Waals surface area contributed by atoms with Crippen LogP contribution < -0.4 is 9.47 Å². The van der Waals surface area contributed by atoms with Crippen LogP contribution in [-0.4, -0.2) is 80.3 Å². The predicted octanol–water partition coefficient (Wildman–Crippen LogP) is 3.99. The summed E-state index contributed by atoms with van der Waals surface area (Å²) >= 11 is 0. The molecule has 1 heterocycles. The molecule has 3 atom stereocenters. The van der Waals surface area contributed by atoms with Gasteiger partial charge in [-0.2, -0.15) is 0 Å². The number of nitrogens with zero attached hydrogens (tertiary/aromatic N) is 1. The van der Waals surface area contributed by atoms with Crippen molar-refractivity contribution in [2.45, 2.75) is 84.3 Å². The molecule has 1 aromatic rings. The van der Waals surface area contributed by atoms with Gasteiger partial charge in [0, 0.05) is 13.5 Å². The van der Waals surface area contributed by atoms with E-state index in [0.29, 0.717) is 18.6 Å². The van der Waals surface area contributed by atoms with E-state index in [-0.39, 0.29) is 24.9 Å². The van der Waals surface area contributed by atoms with Gasteiger partial charge in [0.1, 0.15) is 34.9 Å². The summed E-state index contributed by atoms with van der Waals surface area (Å²) < 4.78 is 32.3. The van der Waals surface area contributed by atoms with Gasteiger partial charge in [-0.15, -0.1) is 0 Å². The van der Waals surface area contributed by atoms with Crippen LogP contribution in [0.2, 0.25) is 0 Å². The maximum Gasteiger partial charge on any atom is 0.410 e. The van der Waals surface area contributed by atoms with Crippen molar-refractivity contribution in [3.05, 3.63) is 24.3 Å². The Morgan fingerprint density at radius 1 is 1.03 bits per heavy atom. The third kappa shape index (κ3) is 12.1. The Balaban J connectivity index is 0.000000809. The van der Waals surface area contributed by atoms with Crippen molar-refractivity contribution in [1.82, 2.24) is 4.90 Å². The summed E-state index contributed by atoms with van der Waals surface area (Å²) in [6, 6.07) is 6.33. The molecule has 2 rings (SSSR count). The molecule has 1 saturated heterocycles. The average molecular weight is 512 g/mol. The molecule has 1 aliphatic rings. The Morgan fingerprint density at radius 2 is 1.61 bits per heavy atom. The molecule has 1 amide bonds. The van der Waals surface area contributed by atoms with Crippen molar-refractivity contribution >= 4 is 18.5 Å². The molecule has 1 aliphatic heterocycles. The van der Waals surface area contributed by atoms with Crippen molar-refractivity contribution in [3.8, 4) is 11.5 Å². The molecular formula is C26H41NO9. The van der Waals surface area contributed by atoms with Crippen LogP contribution in [0, 0.1) is 0 Å². The molecule has 10 heteroatoms. The molecule has 0 bridgehead atoms. The van der Waals surface area contributed by atoms with E-state index in [0.717, 1.165) is 5.75 Å². The summed E-state index contributed by atoms with van der Waals surface area (Å²) in [4.78, 5) is 35.7. The maximum absolute atomic E-state index is 12.6. The first-order valence-corrected chi connectivity index (χ1v) is 11.8. The lowest BCUT2D eigenvalue weighted by atomic mass is 10.2. The van der Waals surface area contributed by atoms with E-state index < -0.39 is 29.8 Å². The van der Waals surface area contributed by atoms with Crippen LogP contribution in [0.4, 0.5) is 4.79 Å². The number of amides is 1. The van der Waals surface area contributed by atoms with Gasteiger partial charge in [-0.3, -0.25) is 9.69 Å². The fraction of sp³-hybridized carbons (Fsp3) is 0.654. The number of ether oxygens (including phenoxy) is 6. The highest BCUT2D eigenvalue weighted by Gasteiger charge is 2.34. The zero-order valence-electron chi connectivity index (χ0n) is 22.9. The van der Waals surface area contributed by atoms with E-state index in [1.165, 1.54) is 11.9 Å². The number of hydrogen-bond donors (Lipinski definition) is 0. The number of rotatable bonds is 5. The third-order valence-corrected chi connectivity index (χ3v) is 4.68. The second-order valence-electron chi connectivity index (χ2n) is 10.4. The smallest absolute Gasteiger partial charge is 0.410 e. The Labute approximate surface area is 214 Å². The van der Waals surface area contributed by atoms with Crippen molar-refractivity contribution in [1.29, 1.82) is 0 Å². The van der Waals surface area contributed by atoms with Gasteiger partial charge in [0.05, 0.1) is 20.3 Å². The molecular weight excluding hydrogens is 470 g/mol. The van der Waals surface area contributed by atoms with Gasteiger partial charge in [0.25, 0.3) is 6.47 Å². The molecule has 0 spiro atoms. The van der Waals surface area contributed by atoms with Gasteiger partial charge in [-0.05, 0) is 72.7 Å². The van der Waals surface area contributed by atoms with Gasteiger partial charge in [-0.25, -0.2) is 9.59 Å². The van der Waals surface area contributed by atoms with Crippen LogP contribution in [0.3, 0.4) is 0 Å². The summed E-state index contributed by atoms with van der Waals surface area (Å²) in [5.41, 5.74) is -0.985. The number of carbonyl (C=O) groups is 3. The van der Waals surface area contributed by atoms with Gasteiger partial charge in [0.2, 0.25) is 0 Å². The quantitative estimate of drug-likeness (QED) is 0.329. The zero-order valence-corrected chi connectivity index (χ0v) is 22.9. The van der Waals surface area contributed by atoms with Gasteiger partial charge in [0.15, 0.2) is 6.04 Å². The van der Waals surface area contributed by atoms with E-state index in [2.05, 4.69) is 4.74 Å². The highest BCUT2D eigenvalue weighted by Crippen LogP contribution is 2.21. The standard InChI is InChI=1S/C21H31NO7.C5H10O2/c1-14-11-17(28-16-9-7-15(25-6)8-10-16)12-26-13-18(19(23)27-14)22(5)20(24)29-21(2,3)4;1-5(2,3)7-4-6/h7-10,14,17-18H,11-13H2,1-6H3;4H,1-3H3/t14?,17?,18-;/m0./s1. The average Bonchev–Trinajstić information content (AvgIpc) is 2.81. The van der Waals surface area contributed by atoms with Crippen LogP contribution >= 0.6 is 0 Å². The molecule has 10 nitrogen and oxygen atoms in total. The summed E-state index contributed by atoms with van der Waals surface area (Å²) in [5.74, 6) is 0.869. The Kier molecular flexibility index (Phi) is 12.0. The van der Waals surface area contributed by atoms with E-state index in [1.807, 2.05) is 20.8 Å². The fourth-order valence-electron chi connectivity index (χ4n) is 2.95. The van der Waals surface area contributed by atoms with Crippen LogP contribution in [0.5, 0.6) is 11.5 Å². The van der Waals surface area contributed by atoms with Crippen LogP contribution in [0.15, 0.2) is 24.3 Å². The molecule has 2 unspecified atom stereocenters. The van der Waals surface area contributed by atoms with Crippen LogP contribution in [0.25, 0.3) is 0 Å². The normalized spacial score (nSPS) is 20.7. The molecule has 0 aromatic heterocycles. The highest BCUT2D eigenvalue weighted by molar-refractivity contribution is 5.81. The summed E-state index contributed by atoms with van der Waals surface area (Å²) in [6.45, 7) is 13.2. The largest absolute Gasteiger partial charge is 0.497 e. The summed E-state index contributed by atoms with van der Waals surface area (Å²) in [6.07, 6.45) is -0.861. The molecule has 1 aromatic carbocycles. The molecule has 36 heavy (non-hydrogen) atoms. The molecule has 0 radical (unpaired) electrons. The van der Waals surface area contributed by atoms with E-state index in [4.69, 9.17) is 23.7 Å². The third-order valence-electron chi connectivity index (χ3n) is 4.68. The molecule has 0 N–H and O–H groups in total. The first-order valence-electron chi connectivity index (χ1n) is 11.8. The van der Waals surface area contributed by atoms with Crippen LogP contribution in [-0.2, 0) is 28.5 Å². The van der Waals surface area contributed by atoms with Crippen molar-refractivity contribution in [2.75, 3.05) is 27.4 Å². The number of likely N-dealkylation sites (N-methyl/N-ethyl adjacent to an activating group) is 1. The Hall–Kier alpha value is -3.01. The lowest BCUT2D eigenvalue weighted by molar-refractivity contribution is -0.155. The molecule has 1 fully saturated rings. The second kappa shape index (κ2) is 13.9. The number of carbonyl (C=O) groups excluding carboxylic acids is 3. The van der Waals surface area contributed by atoms with Crippen molar-refractivity contribution < 1.29 is 42.8 Å². The van der Waals surface area contributed by atoms with Gasteiger partial charge >= 0.3 is 12.1 Å². The second-order valence-corrected chi connectivity index (χ2v) is 10.4. The minimum absolute atomic E-state index is 0.0102. The minimum atomic E-state index is -0.896. The van der Waals surface area contributed by atoms with Crippen molar-refractivity contribution in [3.63, 3.8) is 0 Å². The van der Waals surface area contributed by atoms with E-state index >= 15 is 0 Å². The maximum atomic E-state index is 12.6. The van der Waals surface area contributed by atoms with Crippen molar-refractivity contribution in [2.24, 2.45) is 0 Å². The Morgan fingerprint density at radius 3 is 2.08 bits per heavy atom. The number of benzene rings is 1. The van der Waals surface area contributed by atoms with E-state index in [1.54, 1.807) is 59.1 Å². The number of hydrogen-bond acceptors (Lipinski definition) is 9. The molecule has 0 saturated carbocycles. The monoisotopic (exact) mass is 511 g/mol. The Bertz CT molecular complexity index is 827. The van der Waals surface area contributed by atoms with Crippen LogP contribution in [0.1, 0.15) is 54.9 Å². The topological polar surface area (TPSA) is 110 Å². The zero-order chi connectivity index (χ0) is 27.5. The van der Waals surface area contributed by atoms with E-state index in [9.17, 15) is 14.4 Å². The number of esters is 1. The fourth-order valence-corrected chi connectivity index (χ4v) is 2.95. The summed E-state index contributed by atoms with van der Waals surface area (Å²) in [7, 11) is 3.10. The van der Waals surface area contributed by atoms with Gasteiger partial charge < -0.3 is 28.4 Å². The molecule has 0 aliphatic carbocycles. The summed E-state index contributed by atoms with van der Waals surface area (Å²) in [5, 5.41) is 0. The van der Waals surface area contributed by atoms with Gasteiger partial charge in [-0.1, -0.05) is 0 Å². The first kappa shape index (κ1) is 31.0. The number of methoxy groups -OCH3 is 1. The lowest BCUT2D eigenvalue weighted by Gasteiger charge is -2.29. The minimum Gasteiger partial charge on any atom is -0.497 e.